The average molecular weight is 545 g/mol. The van der Waals surface area contributed by atoms with Gasteiger partial charge in [-0.1, -0.05) is 30.3 Å². The van der Waals surface area contributed by atoms with E-state index in [1.54, 1.807) is 43.5 Å². The third-order valence-electron chi connectivity index (χ3n) is 7.49. The van der Waals surface area contributed by atoms with Crippen molar-refractivity contribution in [1.29, 1.82) is 0 Å². The number of aliphatic hydroxyl groups is 1. The zero-order chi connectivity index (χ0) is 28.2. The molecular weight excluding hydrogens is 512 g/mol. The molecule has 2 aliphatic heterocycles. The molecule has 3 aromatic carbocycles. The molecular formula is C31H32N2O7. The van der Waals surface area contributed by atoms with Gasteiger partial charge in [0, 0.05) is 31.7 Å². The molecule has 3 aromatic rings. The maximum atomic E-state index is 13.4. The first kappa shape index (κ1) is 27.4. The van der Waals surface area contributed by atoms with Crippen molar-refractivity contribution in [3.05, 3.63) is 82.9 Å². The number of morpholine rings is 1. The summed E-state index contributed by atoms with van der Waals surface area (Å²) in [6, 6.07) is 16.7. The fraction of sp³-hybridized carbons (Fsp3) is 0.323. The lowest BCUT2D eigenvalue weighted by molar-refractivity contribution is -0.140. The Kier molecular flexibility index (Phi) is 8.14. The second-order valence-corrected chi connectivity index (χ2v) is 9.84. The summed E-state index contributed by atoms with van der Waals surface area (Å²) in [5, 5.41) is 13.2. The number of carbonyl (C=O) groups excluding carboxylic acids is 3. The van der Waals surface area contributed by atoms with Gasteiger partial charge in [-0.25, -0.2) is 4.79 Å². The number of carbonyl (C=O) groups is 3. The molecule has 2 heterocycles. The van der Waals surface area contributed by atoms with Gasteiger partial charge in [0.25, 0.3) is 11.7 Å². The van der Waals surface area contributed by atoms with Crippen molar-refractivity contribution in [3.63, 3.8) is 0 Å². The molecule has 1 amide bonds. The van der Waals surface area contributed by atoms with Crippen molar-refractivity contribution in [2.75, 3.05) is 53.6 Å². The van der Waals surface area contributed by atoms with Gasteiger partial charge in [-0.2, -0.15) is 0 Å². The van der Waals surface area contributed by atoms with E-state index in [9.17, 15) is 19.5 Å². The first-order valence-corrected chi connectivity index (χ1v) is 13.3. The largest absolute Gasteiger partial charge is 0.507 e. The molecule has 1 N–H and O–H groups in total. The van der Waals surface area contributed by atoms with E-state index in [4.69, 9.17) is 14.2 Å². The van der Waals surface area contributed by atoms with Gasteiger partial charge in [-0.05, 0) is 53.1 Å². The van der Waals surface area contributed by atoms with E-state index in [1.165, 1.54) is 12.0 Å². The first-order valence-electron chi connectivity index (χ1n) is 13.3. The Hall–Kier alpha value is -4.21. The van der Waals surface area contributed by atoms with Crippen molar-refractivity contribution in [3.8, 4) is 5.75 Å². The van der Waals surface area contributed by atoms with Crippen LogP contribution in [0.2, 0.25) is 0 Å². The number of methoxy groups -OCH3 is 2. The number of hydrogen-bond acceptors (Lipinski definition) is 8. The van der Waals surface area contributed by atoms with E-state index >= 15 is 0 Å². The molecule has 0 spiro atoms. The molecule has 1 unspecified atom stereocenters. The molecule has 2 aliphatic rings. The van der Waals surface area contributed by atoms with Gasteiger partial charge >= 0.3 is 5.97 Å². The van der Waals surface area contributed by atoms with Gasteiger partial charge in [-0.3, -0.25) is 14.5 Å². The molecule has 208 valence electrons. The number of benzene rings is 3. The lowest BCUT2D eigenvalue weighted by Crippen LogP contribution is -2.39. The minimum atomic E-state index is -0.803. The number of ether oxygens (including phenoxy) is 3. The molecule has 5 rings (SSSR count). The minimum absolute atomic E-state index is 0.0232. The highest BCUT2D eigenvalue weighted by atomic mass is 16.5. The van der Waals surface area contributed by atoms with E-state index in [1.807, 2.05) is 24.3 Å². The van der Waals surface area contributed by atoms with Crippen LogP contribution < -0.4 is 4.74 Å². The van der Waals surface area contributed by atoms with Crippen LogP contribution in [0, 0.1) is 0 Å². The second kappa shape index (κ2) is 11.9. The molecule has 0 bridgehead atoms. The second-order valence-electron chi connectivity index (χ2n) is 9.84. The van der Waals surface area contributed by atoms with Crippen LogP contribution >= 0.6 is 0 Å². The van der Waals surface area contributed by atoms with Crippen molar-refractivity contribution < 1.29 is 33.7 Å². The van der Waals surface area contributed by atoms with Gasteiger partial charge < -0.3 is 24.2 Å². The molecule has 0 radical (unpaired) electrons. The van der Waals surface area contributed by atoms with Gasteiger partial charge in [0.2, 0.25) is 0 Å². The molecule has 9 heteroatoms. The molecule has 0 saturated carbocycles. The first-order chi connectivity index (χ1) is 19.4. The summed E-state index contributed by atoms with van der Waals surface area (Å²) in [5.74, 6) is -1.41. The molecule has 0 aromatic heterocycles. The van der Waals surface area contributed by atoms with Crippen LogP contribution in [0.1, 0.15) is 33.9 Å². The quantitative estimate of drug-likeness (QED) is 0.198. The summed E-state index contributed by atoms with van der Waals surface area (Å²) in [6.45, 7) is 4.09. The maximum Gasteiger partial charge on any atom is 0.337 e. The summed E-state index contributed by atoms with van der Waals surface area (Å²) in [7, 11) is 2.90. The Labute approximate surface area is 232 Å². The summed E-state index contributed by atoms with van der Waals surface area (Å²) < 4.78 is 15.5. The Morgan fingerprint density at radius 2 is 1.60 bits per heavy atom. The number of esters is 1. The van der Waals surface area contributed by atoms with Crippen molar-refractivity contribution >= 4 is 34.2 Å². The highest BCUT2D eigenvalue weighted by Crippen LogP contribution is 2.40. The van der Waals surface area contributed by atoms with Crippen LogP contribution in [0.5, 0.6) is 5.75 Å². The Morgan fingerprint density at radius 3 is 2.30 bits per heavy atom. The third kappa shape index (κ3) is 5.43. The van der Waals surface area contributed by atoms with Crippen LogP contribution in [0.15, 0.2) is 66.2 Å². The fourth-order valence-corrected chi connectivity index (χ4v) is 5.32. The Morgan fingerprint density at radius 1 is 0.925 bits per heavy atom. The zero-order valence-corrected chi connectivity index (χ0v) is 22.6. The summed E-state index contributed by atoms with van der Waals surface area (Å²) in [5.41, 5.74) is 1.42. The van der Waals surface area contributed by atoms with E-state index in [0.717, 1.165) is 30.4 Å². The van der Waals surface area contributed by atoms with E-state index in [2.05, 4.69) is 4.90 Å². The maximum absolute atomic E-state index is 13.4. The molecule has 1 atom stereocenters. The van der Waals surface area contributed by atoms with Crippen LogP contribution in [0.25, 0.3) is 16.5 Å². The third-order valence-corrected chi connectivity index (χ3v) is 7.49. The summed E-state index contributed by atoms with van der Waals surface area (Å²) in [4.78, 5) is 42.5. The predicted octanol–water partition coefficient (Wildman–Crippen LogP) is 3.78. The van der Waals surface area contributed by atoms with Gasteiger partial charge in [-0.15, -0.1) is 0 Å². The highest BCUT2D eigenvalue weighted by molar-refractivity contribution is 6.46. The molecule has 0 aliphatic carbocycles. The minimum Gasteiger partial charge on any atom is -0.507 e. The smallest absolute Gasteiger partial charge is 0.337 e. The number of amides is 1. The van der Waals surface area contributed by atoms with Crippen LogP contribution in [-0.2, 0) is 19.1 Å². The van der Waals surface area contributed by atoms with Crippen molar-refractivity contribution in [2.24, 2.45) is 0 Å². The molecule has 2 fully saturated rings. The van der Waals surface area contributed by atoms with Gasteiger partial charge in [0.1, 0.15) is 11.5 Å². The number of likely N-dealkylation sites (tertiary alicyclic amines) is 1. The summed E-state index contributed by atoms with van der Waals surface area (Å²) >= 11 is 0. The standard InChI is InChI=1S/C31H32N2O7/c1-38-25-11-10-22-18-24(9-8-23(22)19-25)28(34)26-27(20-4-6-21(7-5-20)31(37)39-2)33(30(36)29(26)35)13-3-12-32-14-16-40-17-15-32/h4-11,18-19,27,34H,3,12-17H2,1-2H3/b28-26+. The van der Waals surface area contributed by atoms with Gasteiger partial charge in [0.15, 0.2) is 0 Å². The summed E-state index contributed by atoms with van der Waals surface area (Å²) in [6.07, 6.45) is 0.654. The molecule has 2 saturated heterocycles. The topological polar surface area (TPSA) is 106 Å². The van der Waals surface area contributed by atoms with E-state index in [0.29, 0.717) is 48.6 Å². The molecule has 40 heavy (non-hydrogen) atoms. The number of ketones is 1. The lowest BCUT2D eigenvalue weighted by Gasteiger charge is -2.29. The number of Topliss-reactive ketones (excluding diaryl/α,β-unsaturated/α-hetero) is 1. The fourth-order valence-electron chi connectivity index (χ4n) is 5.32. The monoisotopic (exact) mass is 544 g/mol. The number of nitrogens with zero attached hydrogens (tertiary/aromatic N) is 2. The number of fused-ring (bicyclic) bond motifs is 1. The van der Waals surface area contributed by atoms with Crippen molar-refractivity contribution in [1.82, 2.24) is 9.80 Å². The normalized spacial score (nSPS) is 19.2. The number of aliphatic hydroxyl groups excluding tert-OH is 1. The number of hydrogen-bond donors (Lipinski definition) is 1. The predicted molar refractivity (Wildman–Crippen MR) is 149 cm³/mol. The Bertz CT molecular complexity index is 1460. The van der Waals surface area contributed by atoms with Crippen molar-refractivity contribution in [2.45, 2.75) is 12.5 Å². The van der Waals surface area contributed by atoms with Crippen LogP contribution in [0.4, 0.5) is 0 Å². The Balaban J connectivity index is 1.52. The molecule has 9 nitrogen and oxygen atoms in total. The van der Waals surface area contributed by atoms with Gasteiger partial charge in [0.05, 0.1) is 44.6 Å². The SMILES string of the molecule is COC(=O)c1ccc(C2/C(=C(\O)c3ccc4cc(OC)ccc4c3)C(=O)C(=O)N2CCCN2CCOCC2)cc1. The van der Waals surface area contributed by atoms with Crippen LogP contribution in [0.3, 0.4) is 0 Å². The zero-order valence-electron chi connectivity index (χ0n) is 22.6. The lowest BCUT2D eigenvalue weighted by atomic mass is 9.94. The number of rotatable bonds is 8. The average Bonchev–Trinajstić information content (AvgIpc) is 3.25. The van der Waals surface area contributed by atoms with E-state index in [-0.39, 0.29) is 11.3 Å². The van der Waals surface area contributed by atoms with Crippen LogP contribution in [-0.4, -0.2) is 86.2 Å². The van der Waals surface area contributed by atoms with E-state index < -0.39 is 23.7 Å². The highest BCUT2D eigenvalue weighted by Gasteiger charge is 2.45.